The number of carbonyl (C=O) groups is 3. The molecule has 1 atom stereocenters. The lowest BCUT2D eigenvalue weighted by Crippen LogP contribution is -2.38. The number of nitrogens with one attached hydrogen (secondary N) is 1. The summed E-state index contributed by atoms with van der Waals surface area (Å²) in [5.74, 6) is -0.553. The van der Waals surface area contributed by atoms with Crippen LogP contribution in [0.5, 0.6) is 5.75 Å². The Labute approximate surface area is 127 Å². The maximum Gasteiger partial charge on any atom is 0.309 e. The molecule has 1 amide bonds. The van der Waals surface area contributed by atoms with Crippen molar-refractivity contribution < 1.29 is 28.6 Å². The summed E-state index contributed by atoms with van der Waals surface area (Å²) in [6, 6.07) is 5.09. The van der Waals surface area contributed by atoms with E-state index in [1.807, 2.05) is 0 Å². The van der Waals surface area contributed by atoms with Gasteiger partial charge in [-0.3, -0.25) is 14.4 Å². The Morgan fingerprint density at radius 1 is 1.36 bits per heavy atom. The third-order valence-corrected chi connectivity index (χ3v) is 3.13. The molecule has 0 spiro atoms. The predicted molar refractivity (Wildman–Crippen MR) is 76.5 cm³/mol. The summed E-state index contributed by atoms with van der Waals surface area (Å²) < 4.78 is 15.0. The van der Waals surface area contributed by atoms with Crippen LogP contribution in [-0.4, -0.2) is 37.7 Å². The summed E-state index contributed by atoms with van der Waals surface area (Å²) >= 11 is 0. The van der Waals surface area contributed by atoms with Gasteiger partial charge in [0, 0.05) is 13.3 Å². The van der Waals surface area contributed by atoms with E-state index in [2.05, 4.69) is 10.1 Å². The fraction of sp³-hybridized carbons (Fsp3) is 0.400. The zero-order valence-electron chi connectivity index (χ0n) is 12.4. The van der Waals surface area contributed by atoms with Gasteiger partial charge in [-0.2, -0.15) is 0 Å². The van der Waals surface area contributed by atoms with E-state index in [-0.39, 0.29) is 31.3 Å². The predicted octanol–water partition coefficient (Wildman–Crippen LogP) is 1.05. The highest BCUT2D eigenvalue weighted by atomic mass is 16.5. The number of methoxy groups -OCH3 is 1. The highest BCUT2D eigenvalue weighted by Gasteiger charge is 2.27. The van der Waals surface area contributed by atoms with E-state index in [4.69, 9.17) is 9.47 Å². The minimum Gasteiger partial charge on any atom is -0.478 e. The molecular weight excluding hydrogens is 290 g/mol. The number of hydrogen-bond donors (Lipinski definition) is 1. The van der Waals surface area contributed by atoms with Crippen LogP contribution in [0.4, 0.5) is 5.69 Å². The van der Waals surface area contributed by atoms with Crippen LogP contribution in [-0.2, 0) is 30.3 Å². The van der Waals surface area contributed by atoms with Crippen LogP contribution in [0.2, 0.25) is 0 Å². The molecule has 0 saturated carbocycles. The van der Waals surface area contributed by atoms with Crippen LogP contribution in [0, 0.1) is 0 Å². The molecule has 1 N–H and O–H groups in total. The van der Waals surface area contributed by atoms with Crippen LogP contribution in [0.1, 0.15) is 18.9 Å². The van der Waals surface area contributed by atoms with Gasteiger partial charge < -0.3 is 19.5 Å². The van der Waals surface area contributed by atoms with Crippen molar-refractivity contribution in [3.8, 4) is 5.75 Å². The van der Waals surface area contributed by atoms with Crippen molar-refractivity contribution in [2.45, 2.75) is 25.9 Å². The van der Waals surface area contributed by atoms with Gasteiger partial charge in [0.15, 0.2) is 6.10 Å². The Bertz CT molecular complexity index is 598. The van der Waals surface area contributed by atoms with E-state index >= 15 is 0 Å². The van der Waals surface area contributed by atoms with Gasteiger partial charge in [0.2, 0.25) is 0 Å². The van der Waals surface area contributed by atoms with Crippen LogP contribution in [0.15, 0.2) is 18.2 Å². The summed E-state index contributed by atoms with van der Waals surface area (Å²) in [6.07, 6.45) is -0.317. The van der Waals surface area contributed by atoms with Crippen LogP contribution in [0.3, 0.4) is 0 Å². The van der Waals surface area contributed by atoms with Crippen LogP contribution < -0.4 is 10.1 Å². The third kappa shape index (κ3) is 3.97. The molecule has 0 saturated heterocycles. The van der Waals surface area contributed by atoms with Crippen molar-refractivity contribution in [2.24, 2.45) is 0 Å². The lowest BCUT2D eigenvalue weighted by atomic mass is 10.1. The van der Waals surface area contributed by atoms with Gasteiger partial charge in [-0.1, -0.05) is 6.07 Å². The number of esters is 2. The largest absolute Gasteiger partial charge is 0.478 e. The average molecular weight is 307 g/mol. The van der Waals surface area contributed by atoms with Crippen molar-refractivity contribution in [3.05, 3.63) is 23.8 Å². The SMILES string of the molecule is COC(=O)Cc1ccc2c(c1)NC(=O)[C@@H](CCOC(C)=O)O2. The topological polar surface area (TPSA) is 90.9 Å². The second-order valence-corrected chi connectivity index (χ2v) is 4.81. The molecule has 0 aliphatic carbocycles. The first-order chi connectivity index (χ1) is 10.5. The van der Waals surface area contributed by atoms with Gasteiger partial charge in [-0.15, -0.1) is 0 Å². The lowest BCUT2D eigenvalue weighted by Gasteiger charge is -2.26. The van der Waals surface area contributed by atoms with E-state index in [1.54, 1.807) is 18.2 Å². The molecule has 0 radical (unpaired) electrons. The maximum atomic E-state index is 12.0. The molecule has 22 heavy (non-hydrogen) atoms. The van der Waals surface area contributed by atoms with Crippen molar-refractivity contribution >= 4 is 23.5 Å². The van der Waals surface area contributed by atoms with Gasteiger partial charge in [0.05, 0.1) is 25.8 Å². The monoisotopic (exact) mass is 307 g/mol. The molecule has 2 rings (SSSR count). The number of rotatable bonds is 5. The van der Waals surface area contributed by atoms with Gasteiger partial charge in [0.25, 0.3) is 5.91 Å². The van der Waals surface area contributed by atoms with E-state index < -0.39 is 12.1 Å². The fourth-order valence-corrected chi connectivity index (χ4v) is 2.05. The van der Waals surface area contributed by atoms with Crippen LogP contribution in [0.25, 0.3) is 0 Å². The quantitative estimate of drug-likeness (QED) is 0.818. The summed E-state index contributed by atoms with van der Waals surface area (Å²) in [4.78, 5) is 33.9. The highest BCUT2D eigenvalue weighted by Crippen LogP contribution is 2.31. The number of benzene rings is 1. The normalized spacial score (nSPS) is 16.1. The Morgan fingerprint density at radius 3 is 2.82 bits per heavy atom. The summed E-state index contributed by atoms with van der Waals surface area (Å²) in [5.41, 5.74) is 1.23. The van der Waals surface area contributed by atoms with Crippen molar-refractivity contribution in [1.82, 2.24) is 0 Å². The number of anilines is 1. The molecule has 0 unspecified atom stereocenters. The molecule has 0 bridgehead atoms. The highest BCUT2D eigenvalue weighted by molar-refractivity contribution is 5.98. The smallest absolute Gasteiger partial charge is 0.309 e. The Kier molecular flexibility index (Phi) is 4.98. The summed E-state index contributed by atoms with van der Waals surface area (Å²) in [5, 5.41) is 2.72. The first-order valence-corrected chi connectivity index (χ1v) is 6.80. The van der Waals surface area contributed by atoms with Crippen LogP contribution >= 0.6 is 0 Å². The lowest BCUT2D eigenvalue weighted by molar-refractivity contribution is -0.142. The van der Waals surface area contributed by atoms with Gasteiger partial charge in [-0.05, 0) is 17.7 Å². The zero-order chi connectivity index (χ0) is 16.1. The Hall–Kier alpha value is -2.57. The fourth-order valence-electron chi connectivity index (χ4n) is 2.05. The van der Waals surface area contributed by atoms with E-state index in [0.29, 0.717) is 17.0 Å². The number of fused-ring (bicyclic) bond motifs is 1. The minimum absolute atomic E-state index is 0.114. The number of hydrogen-bond acceptors (Lipinski definition) is 6. The average Bonchev–Trinajstić information content (AvgIpc) is 2.47. The molecule has 1 aromatic rings. The molecule has 7 nitrogen and oxygen atoms in total. The molecule has 1 aliphatic heterocycles. The Balaban J connectivity index is 2.03. The number of amides is 1. The van der Waals surface area contributed by atoms with Crippen molar-refractivity contribution in [3.63, 3.8) is 0 Å². The molecule has 7 heteroatoms. The Morgan fingerprint density at radius 2 is 2.14 bits per heavy atom. The van der Waals surface area contributed by atoms with Crippen molar-refractivity contribution in [1.29, 1.82) is 0 Å². The number of ether oxygens (including phenoxy) is 3. The second kappa shape index (κ2) is 6.93. The van der Waals surface area contributed by atoms with E-state index in [9.17, 15) is 14.4 Å². The maximum absolute atomic E-state index is 12.0. The zero-order valence-corrected chi connectivity index (χ0v) is 12.4. The minimum atomic E-state index is -0.710. The molecule has 1 aliphatic rings. The molecule has 0 fully saturated rings. The molecular formula is C15H17NO6. The second-order valence-electron chi connectivity index (χ2n) is 4.81. The van der Waals surface area contributed by atoms with E-state index in [0.717, 1.165) is 0 Å². The summed E-state index contributed by atoms with van der Waals surface area (Å²) in [6.45, 7) is 1.42. The third-order valence-electron chi connectivity index (χ3n) is 3.13. The van der Waals surface area contributed by atoms with Gasteiger partial charge in [0.1, 0.15) is 5.75 Å². The molecule has 1 heterocycles. The van der Waals surface area contributed by atoms with Crippen molar-refractivity contribution in [2.75, 3.05) is 19.0 Å². The standard InChI is InChI=1S/C15H17NO6/c1-9(17)21-6-5-13-15(19)16-11-7-10(8-14(18)20-2)3-4-12(11)22-13/h3-4,7,13H,5-6,8H2,1-2H3,(H,16,19)/t13-/m1/s1. The number of carbonyl (C=O) groups excluding carboxylic acids is 3. The summed E-state index contributed by atoms with van der Waals surface area (Å²) in [7, 11) is 1.32. The first kappa shape index (κ1) is 15.8. The molecule has 1 aromatic carbocycles. The van der Waals surface area contributed by atoms with E-state index in [1.165, 1.54) is 14.0 Å². The van der Waals surface area contributed by atoms with Gasteiger partial charge >= 0.3 is 11.9 Å². The molecule has 118 valence electrons. The first-order valence-electron chi connectivity index (χ1n) is 6.80. The molecule has 0 aromatic heterocycles. The van der Waals surface area contributed by atoms with Gasteiger partial charge in [-0.25, -0.2) is 0 Å².